The number of nitrogens with one attached hydrogen (secondary N) is 1. The van der Waals surface area contributed by atoms with Crippen molar-refractivity contribution in [3.63, 3.8) is 0 Å². The van der Waals surface area contributed by atoms with Gasteiger partial charge >= 0.3 is 0 Å². The van der Waals surface area contributed by atoms with E-state index in [1.165, 1.54) is 4.88 Å². The first-order valence-electron chi connectivity index (χ1n) is 6.67. The predicted octanol–water partition coefficient (Wildman–Crippen LogP) is 5.86. The van der Waals surface area contributed by atoms with Crippen LogP contribution < -0.4 is 5.32 Å². The lowest BCUT2D eigenvalue weighted by molar-refractivity contribution is 0.468. The zero-order valence-corrected chi connectivity index (χ0v) is 16.1. The molecule has 0 radical (unpaired) electrons. The van der Waals surface area contributed by atoms with Gasteiger partial charge in [0, 0.05) is 22.1 Å². The van der Waals surface area contributed by atoms with Crippen LogP contribution in [0.25, 0.3) is 0 Å². The maximum Gasteiger partial charge on any atom is 0.174 e. The fourth-order valence-electron chi connectivity index (χ4n) is 1.94. The summed E-state index contributed by atoms with van der Waals surface area (Å²) in [7, 11) is 0. The minimum absolute atomic E-state index is 0.662. The van der Waals surface area contributed by atoms with E-state index in [9.17, 15) is 0 Å². The quantitative estimate of drug-likeness (QED) is 0.486. The summed E-state index contributed by atoms with van der Waals surface area (Å²) in [6.45, 7) is 7.21. The Morgan fingerprint density at radius 3 is 2.86 bits per heavy atom. The Morgan fingerprint density at radius 2 is 2.23 bits per heavy atom. The van der Waals surface area contributed by atoms with Crippen molar-refractivity contribution in [3.8, 4) is 0 Å². The molecule has 0 unspecified atom stereocenters. The van der Waals surface area contributed by atoms with Gasteiger partial charge in [-0.2, -0.15) is 0 Å². The lowest BCUT2D eigenvalue weighted by atomic mass is 10.2. The van der Waals surface area contributed by atoms with Crippen molar-refractivity contribution in [2.45, 2.75) is 13.5 Å². The van der Waals surface area contributed by atoms with Crippen LogP contribution in [0.15, 0.2) is 46.8 Å². The van der Waals surface area contributed by atoms with Crippen LogP contribution in [0.3, 0.4) is 0 Å². The highest BCUT2D eigenvalue weighted by Crippen LogP contribution is 2.25. The highest BCUT2D eigenvalue weighted by atomic mass is 79.9. The second-order valence-electron chi connectivity index (χ2n) is 4.72. The van der Waals surface area contributed by atoms with Crippen molar-refractivity contribution in [2.24, 2.45) is 0 Å². The monoisotopic (exact) mass is 414 g/mol. The van der Waals surface area contributed by atoms with E-state index >= 15 is 0 Å². The number of rotatable bonds is 5. The van der Waals surface area contributed by atoms with E-state index in [2.05, 4.69) is 38.8 Å². The number of thiophene rings is 1. The molecule has 0 bridgehead atoms. The second kappa shape index (κ2) is 8.11. The SMILES string of the molecule is C=CCN(Cc1ccc(Br)s1)C(=S)Nc1cccc(Cl)c1C. The Balaban J connectivity index is 2.12. The van der Waals surface area contributed by atoms with Crippen LogP contribution in [0.5, 0.6) is 0 Å². The molecule has 0 amide bonds. The molecule has 0 saturated carbocycles. The van der Waals surface area contributed by atoms with Crippen molar-refractivity contribution in [2.75, 3.05) is 11.9 Å². The van der Waals surface area contributed by atoms with E-state index in [0.29, 0.717) is 11.7 Å². The number of hydrogen-bond acceptors (Lipinski definition) is 2. The third-order valence-electron chi connectivity index (χ3n) is 3.12. The molecule has 0 atom stereocenters. The van der Waals surface area contributed by atoms with Gasteiger partial charge in [0.15, 0.2) is 5.11 Å². The zero-order chi connectivity index (χ0) is 16.1. The summed E-state index contributed by atoms with van der Waals surface area (Å²) < 4.78 is 1.12. The molecule has 1 aromatic carbocycles. The fourth-order valence-corrected chi connectivity index (χ4v) is 3.86. The number of anilines is 1. The van der Waals surface area contributed by atoms with E-state index in [1.54, 1.807) is 11.3 Å². The standard InChI is InChI=1S/C16H16BrClN2S2/c1-3-9-20(10-12-7-8-15(17)22-12)16(21)19-14-6-4-5-13(18)11(14)2/h3-8H,1,9-10H2,2H3,(H,19,21). The van der Waals surface area contributed by atoms with Crippen molar-refractivity contribution in [3.05, 3.63) is 62.2 Å². The average Bonchev–Trinajstić information content (AvgIpc) is 2.89. The summed E-state index contributed by atoms with van der Waals surface area (Å²) >= 11 is 16.9. The summed E-state index contributed by atoms with van der Waals surface area (Å²) in [4.78, 5) is 3.31. The zero-order valence-electron chi connectivity index (χ0n) is 12.1. The summed E-state index contributed by atoms with van der Waals surface area (Å²) in [5.74, 6) is 0. The molecule has 6 heteroatoms. The predicted molar refractivity (Wildman–Crippen MR) is 105 cm³/mol. The topological polar surface area (TPSA) is 15.3 Å². The minimum atomic E-state index is 0.662. The maximum atomic E-state index is 6.15. The van der Waals surface area contributed by atoms with Crippen LogP contribution in [0, 0.1) is 6.92 Å². The van der Waals surface area contributed by atoms with Gasteiger partial charge in [-0.3, -0.25) is 0 Å². The smallest absolute Gasteiger partial charge is 0.174 e. The van der Waals surface area contributed by atoms with Crippen LogP contribution in [0.1, 0.15) is 10.4 Å². The Bertz CT molecular complexity index is 685. The molecule has 1 aromatic heterocycles. The number of nitrogens with zero attached hydrogens (tertiary/aromatic N) is 1. The van der Waals surface area contributed by atoms with Gasteiger partial charge in [0.2, 0.25) is 0 Å². The third-order valence-corrected chi connectivity index (χ3v) is 5.50. The molecule has 0 spiro atoms. The molecule has 1 heterocycles. The number of hydrogen-bond donors (Lipinski definition) is 1. The van der Waals surface area contributed by atoms with E-state index in [1.807, 2.05) is 37.3 Å². The largest absolute Gasteiger partial charge is 0.340 e. The summed E-state index contributed by atoms with van der Waals surface area (Å²) in [6.07, 6.45) is 1.85. The average molecular weight is 416 g/mol. The van der Waals surface area contributed by atoms with Crippen LogP contribution in [-0.2, 0) is 6.54 Å². The van der Waals surface area contributed by atoms with E-state index in [-0.39, 0.29) is 0 Å². The van der Waals surface area contributed by atoms with Crippen molar-refractivity contribution >= 4 is 61.9 Å². The molecular formula is C16H16BrClN2S2. The van der Waals surface area contributed by atoms with Crippen LogP contribution in [-0.4, -0.2) is 16.6 Å². The fraction of sp³-hybridized carbons (Fsp3) is 0.188. The van der Waals surface area contributed by atoms with Crippen molar-refractivity contribution in [1.82, 2.24) is 4.90 Å². The third kappa shape index (κ3) is 4.56. The van der Waals surface area contributed by atoms with E-state index in [0.717, 1.165) is 26.6 Å². The molecule has 0 fully saturated rings. The van der Waals surface area contributed by atoms with E-state index in [4.69, 9.17) is 23.8 Å². The highest BCUT2D eigenvalue weighted by Gasteiger charge is 2.12. The molecule has 116 valence electrons. The molecule has 0 aliphatic rings. The van der Waals surface area contributed by atoms with Gasteiger partial charge < -0.3 is 10.2 Å². The van der Waals surface area contributed by atoms with Crippen LogP contribution in [0.4, 0.5) is 5.69 Å². The minimum Gasteiger partial charge on any atom is -0.340 e. The van der Waals surface area contributed by atoms with Gasteiger partial charge in [0.05, 0.1) is 10.3 Å². The Labute approximate surface area is 153 Å². The lowest BCUT2D eigenvalue weighted by Gasteiger charge is -2.24. The number of thiocarbonyl (C=S) groups is 1. The number of benzene rings is 1. The maximum absolute atomic E-state index is 6.15. The molecule has 2 aromatic rings. The summed E-state index contributed by atoms with van der Waals surface area (Å²) in [5.41, 5.74) is 1.92. The second-order valence-corrected chi connectivity index (χ2v) is 8.06. The van der Waals surface area contributed by atoms with Crippen molar-refractivity contribution in [1.29, 1.82) is 0 Å². The first-order chi connectivity index (χ1) is 10.5. The lowest BCUT2D eigenvalue weighted by Crippen LogP contribution is -2.34. The Kier molecular flexibility index (Phi) is 6.44. The molecule has 0 aliphatic carbocycles. The first-order valence-corrected chi connectivity index (χ1v) is 9.07. The molecule has 0 saturated heterocycles. The Hall–Kier alpha value is -0.880. The van der Waals surface area contributed by atoms with Crippen LogP contribution in [0.2, 0.25) is 5.02 Å². The van der Waals surface area contributed by atoms with Gasteiger partial charge in [-0.05, 0) is 64.9 Å². The number of halogens is 2. The molecule has 0 aliphatic heterocycles. The molecule has 22 heavy (non-hydrogen) atoms. The van der Waals surface area contributed by atoms with Gasteiger partial charge in [-0.1, -0.05) is 23.7 Å². The molecular weight excluding hydrogens is 400 g/mol. The summed E-state index contributed by atoms with van der Waals surface area (Å²) in [5, 5.41) is 4.67. The summed E-state index contributed by atoms with van der Waals surface area (Å²) in [6, 6.07) is 9.90. The van der Waals surface area contributed by atoms with Gasteiger partial charge in [-0.15, -0.1) is 17.9 Å². The van der Waals surface area contributed by atoms with Crippen LogP contribution >= 0.6 is 51.1 Å². The van der Waals surface area contributed by atoms with Gasteiger partial charge in [-0.25, -0.2) is 0 Å². The molecule has 2 nitrogen and oxygen atoms in total. The molecule has 1 N–H and O–H groups in total. The Morgan fingerprint density at radius 1 is 1.45 bits per heavy atom. The van der Waals surface area contributed by atoms with E-state index < -0.39 is 0 Å². The highest BCUT2D eigenvalue weighted by molar-refractivity contribution is 9.11. The van der Waals surface area contributed by atoms with Gasteiger partial charge in [0.1, 0.15) is 0 Å². The first kappa shape index (κ1) is 17.5. The van der Waals surface area contributed by atoms with Crippen molar-refractivity contribution < 1.29 is 0 Å². The normalized spacial score (nSPS) is 10.3. The van der Waals surface area contributed by atoms with Gasteiger partial charge in [0.25, 0.3) is 0 Å². The molecule has 2 rings (SSSR count).